The second-order valence-electron chi connectivity index (χ2n) is 4.21. The number of ether oxygens (including phenoxy) is 1. The molecule has 1 aliphatic rings. The fourth-order valence-corrected chi connectivity index (χ4v) is 1.98. The Morgan fingerprint density at radius 1 is 1.41 bits per heavy atom. The highest BCUT2D eigenvalue weighted by Crippen LogP contribution is 2.23. The van der Waals surface area contributed by atoms with Gasteiger partial charge in [-0.3, -0.25) is 0 Å². The van der Waals surface area contributed by atoms with Gasteiger partial charge in [0.25, 0.3) is 0 Å². The maximum absolute atomic E-state index is 5.46. The standard InChI is InChI=1S/C13H19N3O/c1-3-17-13-10(2)12(14-9-15-13)16-11-7-5-4-6-8-11/h4-5,9,11H,3,6-8H2,1-2H3,(H,14,15,16). The third-order valence-corrected chi connectivity index (χ3v) is 2.93. The van der Waals surface area contributed by atoms with Crippen LogP contribution in [0.15, 0.2) is 18.5 Å². The summed E-state index contributed by atoms with van der Waals surface area (Å²) in [4.78, 5) is 8.42. The Balaban J connectivity index is 2.09. The van der Waals surface area contributed by atoms with Crippen LogP contribution < -0.4 is 10.1 Å². The Hall–Kier alpha value is -1.58. The first kappa shape index (κ1) is 11.9. The van der Waals surface area contributed by atoms with Gasteiger partial charge in [-0.05, 0) is 33.1 Å². The SMILES string of the molecule is CCOc1ncnc(NC2CC=CCC2)c1C. The summed E-state index contributed by atoms with van der Waals surface area (Å²) in [7, 11) is 0. The predicted octanol–water partition coefficient (Wildman–Crippen LogP) is 2.70. The minimum Gasteiger partial charge on any atom is -0.478 e. The van der Waals surface area contributed by atoms with E-state index in [2.05, 4.69) is 27.4 Å². The number of rotatable bonds is 4. The van der Waals surface area contributed by atoms with E-state index >= 15 is 0 Å². The zero-order chi connectivity index (χ0) is 12.1. The minimum atomic E-state index is 0.475. The van der Waals surface area contributed by atoms with Gasteiger partial charge in [-0.25, -0.2) is 9.97 Å². The van der Waals surface area contributed by atoms with Crippen LogP contribution in [0, 0.1) is 6.92 Å². The van der Waals surface area contributed by atoms with Gasteiger partial charge in [-0.2, -0.15) is 0 Å². The van der Waals surface area contributed by atoms with Crippen molar-refractivity contribution >= 4 is 5.82 Å². The van der Waals surface area contributed by atoms with Gasteiger partial charge in [-0.1, -0.05) is 12.2 Å². The molecular weight excluding hydrogens is 214 g/mol. The van der Waals surface area contributed by atoms with E-state index in [1.54, 1.807) is 6.33 Å². The van der Waals surface area contributed by atoms with Crippen LogP contribution in [0.25, 0.3) is 0 Å². The summed E-state index contributed by atoms with van der Waals surface area (Å²) in [6, 6.07) is 0.475. The Labute approximate surface area is 102 Å². The molecule has 0 aliphatic heterocycles. The third kappa shape index (κ3) is 2.96. The second-order valence-corrected chi connectivity index (χ2v) is 4.21. The van der Waals surface area contributed by atoms with Crippen LogP contribution in [0.3, 0.4) is 0 Å². The quantitative estimate of drug-likeness (QED) is 0.812. The highest BCUT2D eigenvalue weighted by molar-refractivity contribution is 5.48. The van der Waals surface area contributed by atoms with Gasteiger partial charge in [-0.15, -0.1) is 0 Å². The van der Waals surface area contributed by atoms with Crippen molar-refractivity contribution in [3.05, 3.63) is 24.0 Å². The molecule has 0 spiro atoms. The average Bonchev–Trinajstić information content (AvgIpc) is 2.36. The molecule has 1 aliphatic carbocycles. The van der Waals surface area contributed by atoms with Crippen molar-refractivity contribution in [2.45, 2.75) is 39.2 Å². The number of hydrogen-bond donors (Lipinski definition) is 1. The summed E-state index contributed by atoms with van der Waals surface area (Å²) >= 11 is 0. The van der Waals surface area contributed by atoms with Gasteiger partial charge in [0.15, 0.2) is 0 Å². The van der Waals surface area contributed by atoms with Crippen molar-refractivity contribution in [1.29, 1.82) is 0 Å². The van der Waals surface area contributed by atoms with Gasteiger partial charge < -0.3 is 10.1 Å². The maximum atomic E-state index is 5.46. The van der Waals surface area contributed by atoms with Gasteiger partial charge in [0.1, 0.15) is 12.1 Å². The summed E-state index contributed by atoms with van der Waals surface area (Å²) < 4.78 is 5.46. The molecule has 1 aromatic rings. The largest absolute Gasteiger partial charge is 0.478 e. The molecule has 0 radical (unpaired) electrons. The van der Waals surface area contributed by atoms with Gasteiger partial charge in [0, 0.05) is 6.04 Å². The summed E-state index contributed by atoms with van der Waals surface area (Å²) in [6.45, 7) is 4.58. The van der Waals surface area contributed by atoms with Crippen molar-refractivity contribution in [2.24, 2.45) is 0 Å². The van der Waals surface area contributed by atoms with Crippen LogP contribution in [0.4, 0.5) is 5.82 Å². The highest BCUT2D eigenvalue weighted by atomic mass is 16.5. The molecule has 0 fully saturated rings. The Bertz CT molecular complexity index is 404. The molecule has 1 heterocycles. The molecule has 1 N–H and O–H groups in total. The van der Waals surface area contributed by atoms with Crippen LogP contribution in [0.5, 0.6) is 5.88 Å². The lowest BCUT2D eigenvalue weighted by molar-refractivity contribution is 0.323. The molecule has 0 saturated carbocycles. The van der Waals surface area contributed by atoms with Crippen molar-refractivity contribution in [3.63, 3.8) is 0 Å². The Morgan fingerprint density at radius 3 is 3.00 bits per heavy atom. The molecule has 1 aromatic heterocycles. The molecule has 17 heavy (non-hydrogen) atoms. The van der Waals surface area contributed by atoms with Crippen LogP contribution in [-0.4, -0.2) is 22.6 Å². The van der Waals surface area contributed by atoms with Gasteiger partial charge >= 0.3 is 0 Å². The van der Waals surface area contributed by atoms with Crippen molar-refractivity contribution in [2.75, 3.05) is 11.9 Å². The molecule has 0 bridgehead atoms. The van der Waals surface area contributed by atoms with Crippen molar-refractivity contribution < 1.29 is 4.74 Å². The summed E-state index contributed by atoms with van der Waals surface area (Å²) in [5.74, 6) is 1.57. The van der Waals surface area contributed by atoms with Crippen molar-refractivity contribution in [1.82, 2.24) is 9.97 Å². The van der Waals surface area contributed by atoms with E-state index in [1.807, 2.05) is 13.8 Å². The molecule has 1 atom stereocenters. The maximum Gasteiger partial charge on any atom is 0.221 e. The highest BCUT2D eigenvalue weighted by Gasteiger charge is 2.13. The van der Waals surface area contributed by atoms with Gasteiger partial charge in [0.2, 0.25) is 5.88 Å². The van der Waals surface area contributed by atoms with E-state index in [1.165, 1.54) is 0 Å². The number of anilines is 1. The zero-order valence-corrected chi connectivity index (χ0v) is 10.4. The number of hydrogen-bond acceptors (Lipinski definition) is 4. The molecule has 1 unspecified atom stereocenters. The first-order chi connectivity index (χ1) is 8.31. The molecule has 2 rings (SSSR count). The lowest BCUT2D eigenvalue weighted by Crippen LogP contribution is -2.21. The third-order valence-electron chi connectivity index (χ3n) is 2.93. The number of aromatic nitrogens is 2. The average molecular weight is 233 g/mol. The fourth-order valence-electron chi connectivity index (χ4n) is 1.98. The van der Waals surface area contributed by atoms with Crippen LogP contribution >= 0.6 is 0 Å². The Kier molecular flexibility index (Phi) is 3.96. The summed E-state index contributed by atoms with van der Waals surface area (Å²) in [5.41, 5.74) is 0.990. The normalized spacial score (nSPS) is 19.1. The van der Waals surface area contributed by atoms with E-state index < -0.39 is 0 Å². The topological polar surface area (TPSA) is 47.0 Å². The predicted molar refractivity (Wildman–Crippen MR) is 68.3 cm³/mol. The molecular formula is C13H19N3O. The van der Waals surface area contributed by atoms with E-state index in [4.69, 9.17) is 4.74 Å². The van der Waals surface area contributed by atoms with Crippen molar-refractivity contribution in [3.8, 4) is 5.88 Å². The number of nitrogens with one attached hydrogen (secondary N) is 1. The lowest BCUT2D eigenvalue weighted by atomic mass is 10.0. The molecule has 4 nitrogen and oxygen atoms in total. The smallest absolute Gasteiger partial charge is 0.221 e. The minimum absolute atomic E-state index is 0.475. The fraction of sp³-hybridized carbons (Fsp3) is 0.538. The second kappa shape index (κ2) is 5.66. The summed E-state index contributed by atoms with van der Waals surface area (Å²) in [6.07, 6.45) is 9.37. The van der Waals surface area contributed by atoms with Crippen LogP contribution in [-0.2, 0) is 0 Å². The Morgan fingerprint density at radius 2 is 2.29 bits per heavy atom. The lowest BCUT2D eigenvalue weighted by Gasteiger charge is -2.21. The van der Waals surface area contributed by atoms with Crippen LogP contribution in [0.1, 0.15) is 31.7 Å². The van der Waals surface area contributed by atoms with E-state index in [0.717, 1.165) is 30.6 Å². The zero-order valence-electron chi connectivity index (χ0n) is 10.4. The summed E-state index contributed by atoms with van der Waals surface area (Å²) in [5, 5.41) is 3.47. The first-order valence-corrected chi connectivity index (χ1v) is 6.17. The monoisotopic (exact) mass is 233 g/mol. The van der Waals surface area contributed by atoms with E-state index in [-0.39, 0.29) is 0 Å². The molecule has 92 valence electrons. The molecule has 0 saturated heterocycles. The molecule has 4 heteroatoms. The molecule has 0 amide bonds. The number of nitrogens with zero attached hydrogens (tertiary/aromatic N) is 2. The van der Waals surface area contributed by atoms with Gasteiger partial charge in [0.05, 0.1) is 12.2 Å². The molecule has 0 aromatic carbocycles. The van der Waals surface area contributed by atoms with E-state index in [0.29, 0.717) is 18.5 Å². The van der Waals surface area contributed by atoms with E-state index in [9.17, 15) is 0 Å². The number of allylic oxidation sites excluding steroid dienone is 1. The first-order valence-electron chi connectivity index (χ1n) is 6.17. The van der Waals surface area contributed by atoms with Crippen LogP contribution in [0.2, 0.25) is 0 Å².